The van der Waals surface area contributed by atoms with Crippen LogP contribution in [0, 0.1) is 0 Å². The first-order valence-electron chi connectivity index (χ1n) is 8.01. The second-order valence-corrected chi connectivity index (χ2v) is 8.76. The molecule has 0 fully saturated rings. The fraction of sp³-hybridized carbons (Fsp3) is 0.0500. The van der Waals surface area contributed by atoms with E-state index in [1.807, 2.05) is 36.4 Å². The lowest BCUT2D eigenvalue weighted by atomic mass is 10.2. The van der Waals surface area contributed by atoms with Crippen LogP contribution in [0.3, 0.4) is 0 Å². The lowest BCUT2D eigenvalue weighted by molar-refractivity contribution is 0.101. The SMILES string of the molecule is CC(=O)c1ccc(S(=O)(=O)N2c3ccccc3Sc3ccccc32)cc1. The second-order valence-electron chi connectivity index (χ2n) is 5.89. The van der Waals surface area contributed by atoms with E-state index in [9.17, 15) is 13.2 Å². The minimum absolute atomic E-state index is 0.0981. The summed E-state index contributed by atoms with van der Waals surface area (Å²) in [5, 5.41) is 0. The summed E-state index contributed by atoms with van der Waals surface area (Å²) in [6.45, 7) is 1.46. The summed E-state index contributed by atoms with van der Waals surface area (Å²) in [7, 11) is -3.82. The zero-order valence-corrected chi connectivity index (χ0v) is 15.5. The molecule has 0 aliphatic carbocycles. The van der Waals surface area contributed by atoms with Crippen molar-refractivity contribution in [3.8, 4) is 0 Å². The molecule has 0 unspecified atom stereocenters. The fourth-order valence-corrected chi connectivity index (χ4v) is 5.60. The number of carbonyl (C=O) groups excluding carboxylic acids is 1. The van der Waals surface area contributed by atoms with Crippen molar-refractivity contribution in [3.05, 3.63) is 78.4 Å². The average Bonchev–Trinajstić information content (AvgIpc) is 2.66. The number of ketones is 1. The number of para-hydroxylation sites is 2. The number of carbonyl (C=O) groups is 1. The summed E-state index contributed by atoms with van der Waals surface area (Å²) >= 11 is 1.55. The summed E-state index contributed by atoms with van der Waals surface area (Å²) < 4.78 is 28.2. The van der Waals surface area contributed by atoms with Crippen LogP contribution in [0.2, 0.25) is 0 Å². The molecule has 0 saturated heterocycles. The van der Waals surface area contributed by atoms with E-state index < -0.39 is 10.0 Å². The molecular weight excluding hydrogens is 366 g/mol. The molecule has 1 heterocycles. The van der Waals surface area contributed by atoms with Gasteiger partial charge in [0.25, 0.3) is 10.0 Å². The molecule has 26 heavy (non-hydrogen) atoms. The Balaban J connectivity index is 1.90. The molecule has 3 aromatic carbocycles. The van der Waals surface area contributed by atoms with Crippen molar-refractivity contribution in [1.82, 2.24) is 0 Å². The Morgan fingerprint density at radius 3 is 1.81 bits per heavy atom. The predicted molar refractivity (Wildman–Crippen MR) is 103 cm³/mol. The van der Waals surface area contributed by atoms with E-state index in [0.29, 0.717) is 16.9 Å². The third-order valence-electron chi connectivity index (χ3n) is 4.19. The van der Waals surface area contributed by atoms with Gasteiger partial charge in [-0.15, -0.1) is 0 Å². The van der Waals surface area contributed by atoms with Gasteiger partial charge in [0, 0.05) is 15.4 Å². The van der Waals surface area contributed by atoms with E-state index in [2.05, 4.69) is 0 Å². The van der Waals surface area contributed by atoms with Crippen molar-refractivity contribution in [2.45, 2.75) is 21.6 Å². The monoisotopic (exact) mass is 381 g/mol. The summed E-state index contributed by atoms with van der Waals surface area (Å²) in [5.41, 5.74) is 1.75. The molecule has 0 aromatic heterocycles. The first-order valence-corrected chi connectivity index (χ1v) is 10.3. The highest BCUT2D eigenvalue weighted by molar-refractivity contribution is 8.00. The van der Waals surface area contributed by atoms with Crippen LogP contribution in [-0.2, 0) is 10.0 Å². The van der Waals surface area contributed by atoms with Crippen LogP contribution in [0.15, 0.2) is 87.5 Å². The lowest BCUT2D eigenvalue weighted by Gasteiger charge is -2.31. The van der Waals surface area contributed by atoms with E-state index >= 15 is 0 Å². The number of anilines is 2. The van der Waals surface area contributed by atoms with Gasteiger partial charge in [0.05, 0.1) is 16.3 Å². The number of fused-ring (bicyclic) bond motifs is 2. The smallest absolute Gasteiger partial charge is 0.268 e. The van der Waals surface area contributed by atoms with Crippen molar-refractivity contribution in [3.63, 3.8) is 0 Å². The Bertz CT molecular complexity index is 1060. The molecule has 0 spiro atoms. The minimum Gasteiger partial charge on any atom is -0.295 e. The summed E-state index contributed by atoms with van der Waals surface area (Å²) in [5.74, 6) is -0.0981. The topological polar surface area (TPSA) is 54.5 Å². The van der Waals surface area contributed by atoms with Gasteiger partial charge in [0.2, 0.25) is 0 Å². The summed E-state index contributed by atoms with van der Waals surface area (Å²) in [6.07, 6.45) is 0. The zero-order valence-electron chi connectivity index (χ0n) is 13.9. The standard InChI is InChI=1S/C20H15NO3S2/c1-14(22)15-10-12-16(13-11-15)26(23,24)21-17-6-2-4-8-19(17)25-20-9-5-3-7-18(20)21/h2-13H,1H3. The minimum atomic E-state index is -3.82. The van der Waals surface area contributed by atoms with Gasteiger partial charge >= 0.3 is 0 Å². The van der Waals surface area contributed by atoms with Crippen LogP contribution in [-0.4, -0.2) is 14.2 Å². The lowest BCUT2D eigenvalue weighted by Crippen LogP contribution is -2.28. The Kier molecular flexibility index (Phi) is 4.09. The number of benzene rings is 3. The Hall–Kier alpha value is -2.57. The maximum absolute atomic E-state index is 13.4. The number of hydrogen-bond acceptors (Lipinski definition) is 4. The maximum Gasteiger partial charge on any atom is 0.268 e. The van der Waals surface area contributed by atoms with Gasteiger partial charge in [0.1, 0.15) is 0 Å². The third-order valence-corrected chi connectivity index (χ3v) is 7.06. The molecule has 130 valence electrons. The van der Waals surface area contributed by atoms with Gasteiger partial charge in [0.15, 0.2) is 5.78 Å². The van der Waals surface area contributed by atoms with Crippen LogP contribution in [0.5, 0.6) is 0 Å². The first kappa shape index (κ1) is 16.9. The molecule has 0 radical (unpaired) electrons. The van der Waals surface area contributed by atoms with Crippen molar-refractivity contribution in [2.75, 3.05) is 4.31 Å². The zero-order chi connectivity index (χ0) is 18.3. The van der Waals surface area contributed by atoms with Gasteiger partial charge in [-0.1, -0.05) is 48.2 Å². The van der Waals surface area contributed by atoms with Gasteiger partial charge in [-0.25, -0.2) is 12.7 Å². The predicted octanol–water partition coefficient (Wildman–Crippen LogP) is 4.88. The molecule has 4 nitrogen and oxygen atoms in total. The Morgan fingerprint density at radius 1 is 0.808 bits per heavy atom. The van der Waals surface area contributed by atoms with Crippen molar-refractivity contribution in [2.24, 2.45) is 0 Å². The highest BCUT2D eigenvalue weighted by Crippen LogP contribution is 2.49. The molecule has 4 rings (SSSR count). The number of nitrogens with zero attached hydrogens (tertiary/aromatic N) is 1. The van der Waals surface area contributed by atoms with Gasteiger partial charge in [-0.3, -0.25) is 4.79 Å². The van der Waals surface area contributed by atoms with Crippen LogP contribution in [0.25, 0.3) is 0 Å². The number of hydrogen-bond donors (Lipinski definition) is 0. The second kappa shape index (κ2) is 6.30. The van der Waals surface area contributed by atoms with Crippen molar-refractivity contribution >= 4 is 38.9 Å². The molecule has 6 heteroatoms. The van der Waals surface area contributed by atoms with Crippen LogP contribution >= 0.6 is 11.8 Å². The molecule has 1 aliphatic rings. The molecule has 0 saturated carbocycles. The van der Waals surface area contributed by atoms with Crippen molar-refractivity contribution in [1.29, 1.82) is 0 Å². The number of Topliss-reactive ketones (excluding diaryl/α,β-unsaturated/α-hetero) is 1. The first-order chi connectivity index (χ1) is 12.5. The molecule has 1 aliphatic heterocycles. The van der Waals surface area contributed by atoms with E-state index in [-0.39, 0.29) is 10.7 Å². The average molecular weight is 381 g/mol. The molecular formula is C20H15NO3S2. The normalized spacial score (nSPS) is 13.0. The van der Waals surface area contributed by atoms with Crippen LogP contribution in [0.1, 0.15) is 17.3 Å². The highest BCUT2D eigenvalue weighted by Gasteiger charge is 2.33. The van der Waals surface area contributed by atoms with Gasteiger partial charge in [-0.05, 0) is 43.3 Å². The summed E-state index contributed by atoms with van der Waals surface area (Å²) in [4.78, 5) is 13.4. The Labute approximate surface area is 156 Å². The number of rotatable bonds is 3. The third kappa shape index (κ3) is 2.71. The van der Waals surface area contributed by atoms with E-state index in [4.69, 9.17) is 0 Å². The van der Waals surface area contributed by atoms with Crippen LogP contribution in [0.4, 0.5) is 11.4 Å². The molecule has 0 N–H and O–H groups in total. The summed E-state index contributed by atoms with van der Waals surface area (Å²) in [6, 6.07) is 20.9. The Morgan fingerprint density at radius 2 is 1.31 bits per heavy atom. The molecule has 0 atom stereocenters. The van der Waals surface area contributed by atoms with Gasteiger partial charge < -0.3 is 0 Å². The van der Waals surface area contributed by atoms with E-state index in [1.165, 1.54) is 23.4 Å². The fourth-order valence-electron chi connectivity index (χ4n) is 2.90. The maximum atomic E-state index is 13.4. The molecule has 0 bridgehead atoms. The number of sulfonamides is 1. The molecule has 3 aromatic rings. The van der Waals surface area contributed by atoms with E-state index in [1.54, 1.807) is 36.0 Å². The van der Waals surface area contributed by atoms with Crippen molar-refractivity contribution < 1.29 is 13.2 Å². The van der Waals surface area contributed by atoms with Gasteiger partial charge in [-0.2, -0.15) is 0 Å². The largest absolute Gasteiger partial charge is 0.295 e. The molecule has 0 amide bonds. The van der Waals surface area contributed by atoms with Crippen LogP contribution < -0.4 is 4.31 Å². The quantitative estimate of drug-likeness (QED) is 0.607. The van der Waals surface area contributed by atoms with E-state index in [0.717, 1.165) is 9.79 Å². The highest BCUT2D eigenvalue weighted by atomic mass is 32.2.